The van der Waals surface area contributed by atoms with Crippen molar-refractivity contribution < 1.29 is 9.18 Å². The molecule has 2 aromatic carbocycles. The van der Waals surface area contributed by atoms with Gasteiger partial charge in [-0.05, 0) is 49.2 Å². The number of carbonyl (C=O) groups is 1. The monoisotopic (exact) mass is 438 g/mol. The smallest absolute Gasteiger partial charge is 0.268 e. The average Bonchev–Trinajstić information content (AvgIpc) is 3.31. The number of hydrogen-bond acceptors (Lipinski definition) is 3. The van der Waals surface area contributed by atoms with E-state index in [-0.39, 0.29) is 42.6 Å². The van der Waals surface area contributed by atoms with E-state index in [0.717, 1.165) is 35.0 Å². The molecule has 0 aliphatic carbocycles. The summed E-state index contributed by atoms with van der Waals surface area (Å²) in [6.07, 6.45) is 0.967. The molecule has 2 heterocycles. The van der Waals surface area contributed by atoms with Gasteiger partial charge in [-0.25, -0.2) is 4.39 Å². The normalized spacial score (nSPS) is 18.1. The van der Waals surface area contributed by atoms with E-state index in [1.165, 1.54) is 12.1 Å². The average molecular weight is 439 g/mol. The van der Waals surface area contributed by atoms with Gasteiger partial charge in [0, 0.05) is 29.1 Å². The number of halogens is 3. The minimum absolute atomic E-state index is 0. The summed E-state index contributed by atoms with van der Waals surface area (Å²) >= 11 is 0. The van der Waals surface area contributed by atoms with Gasteiger partial charge in [-0.1, -0.05) is 30.3 Å². The Balaban J connectivity index is 0.00000150. The number of nitrogens with one attached hydrogen (secondary N) is 3. The molecule has 29 heavy (non-hydrogen) atoms. The molecule has 2 atom stereocenters. The first kappa shape index (κ1) is 23.2. The summed E-state index contributed by atoms with van der Waals surface area (Å²) in [5.41, 5.74) is 8.70. The molecule has 0 radical (unpaired) electrons. The molecule has 0 saturated carbocycles. The quantitative estimate of drug-likeness (QED) is 0.491. The highest BCUT2D eigenvalue weighted by Gasteiger charge is 2.24. The molecule has 1 fully saturated rings. The largest absolute Gasteiger partial charge is 0.350 e. The lowest BCUT2D eigenvalue weighted by Gasteiger charge is -2.12. The van der Waals surface area contributed by atoms with Gasteiger partial charge in [0.15, 0.2) is 0 Å². The maximum absolute atomic E-state index is 13.4. The summed E-state index contributed by atoms with van der Waals surface area (Å²) < 4.78 is 13.4. The Labute approximate surface area is 181 Å². The molecule has 5 N–H and O–H groups in total. The SMILES string of the molecule is Cl.Cl.NC[C@H]1CN[C@H](CNC(=O)c2[nH]c3ccccc3c2-c2ccc(F)cc2)C1. The van der Waals surface area contributed by atoms with Crippen molar-refractivity contribution in [3.8, 4) is 11.1 Å². The van der Waals surface area contributed by atoms with E-state index in [4.69, 9.17) is 5.73 Å². The minimum atomic E-state index is -0.300. The Hall–Kier alpha value is -2.12. The Kier molecular flexibility index (Phi) is 8.05. The number of hydrogen-bond donors (Lipinski definition) is 4. The molecule has 0 spiro atoms. The molecule has 1 aromatic heterocycles. The Morgan fingerprint density at radius 3 is 2.55 bits per heavy atom. The number of aromatic amines is 1. The van der Waals surface area contributed by atoms with Crippen molar-refractivity contribution in [2.45, 2.75) is 12.5 Å². The van der Waals surface area contributed by atoms with Crippen molar-refractivity contribution in [1.29, 1.82) is 0 Å². The molecule has 1 aliphatic rings. The van der Waals surface area contributed by atoms with Gasteiger partial charge >= 0.3 is 0 Å². The highest BCUT2D eigenvalue weighted by Crippen LogP contribution is 2.32. The van der Waals surface area contributed by atoms with Crippen molar-refractivity contribution in [2.75, 3.05) is 19.6 Å². The van der Waals surface area contributed by atoms with Crippen LogP contribution in [0.4, 0.5) is 4.39 Å². The molecule has 156 valence electrons. The zero-order valence-corrected chi connectivity index (χ0v) is 17.4. The fraction of sp³-hybridized carbons (Fsp3) is 0.286. The highest BCUT2D eigenvalue weighted by atomic mass is 35.5. The lowest BCUT2D eigenvalue weighted by Crippen LogP contribution is -2.37. The van der Waals surface area contributed by atoms with Gasteiger partial charge in [-0.3, -0.25) is 4.79 Å². The lowest BCUT2D eigenvalue weighted by molar-refractivity contribution is 0.0946. The van der Waals surface area contributed by atoms with Crippen LogP contribution in [0.25, 0.3) is 22.0 Å². The van der Waals surface area contributed by atoms with Crippen molar-refractivity contribution in [2.24, 2.45) is 11.7 Å². The van der Waals surface area contributed by atoms with Crippen molar-refractivity contribution in [3.05, 3.63) is 60.0 Å². The first-order chi connectivity index (χ1) is 13.2. The molecule has 1 saturated heterocycles. The summed E-state index contributed by atoms with van der Waals surface area (Å²) in [6.45, 7) is 2.10. The van der Waals surface area contributed by atoms with E-state index in [1.807, 2.05) is 24.3 Å². The maximum atomic E-state index is 13.4. The number of carbonyl (C=O) groups excluding carboxylic acids is 1. The summed E-state index contributed by atoms with van der Waals surface area (Å²) in [4.78, 5) is 16.1. The molecule has 4 rings (SSSR count). The Morgan fingerprint density at radius 2 is 1.86 bits per heavy atom. The Morgan fingerprint density at radius 1 is 1.14 bits per heavy atom. The molecule has 1 amide bonds. The molecule has 1 aliphatic heterocycles. The van der Waals surface area contributed by atoms with Crippen LogP contribution >= 0.6 is 24.8 Å². The predicted molar refractivity (Wildman–Crippen MR) is 119 cm³/mol. The van der Waals surface area contributed by atoms with Crippen LogP contribution in [0.15, 0.2) is 48.5 Å². The Bertz CT molecular complexity index is 961. The van der Waals surface area contributed by atoms with Crippen LogP contribution in [0.3, 0.4) is 0 Å². The standard InChI is InChI=1S/C21H23FN4O.2ClH/c22-15-7-5-14(6-8-15)19-17-3-1-2-4-18(17)26-20(19)21(27)25-12-16-9-13(10-23)11-24-16;;/h1-8,13,16,24,26H,9-12,23H2,(H,25,27);2*1H/t13-,16-;;/m0../s1. The third kappa shape index (κ3) is 4.90. The van der Waals surface area contributed by atoms with E-state index in [0.29, 0.717) is 24.7 Å². The number of nitrogens with two attached hydrogens (primary N) is 1. The van der Waals surface area contributed by atoms with Gasteiger partial charge in [0.2, 0.25) is 0 Å². The second-order valence-electron chi connectivity index (χ2n) is 7.08. The fourth-order valence-electron chi connectivity index (χ4n) is 3.77. The summed E-state index contributed by atoms with van der Waals surface area (Å²) in [5, 5.41) is 7.36. The predicted octanol–water partition coefficient (Wildman–Crippen LogP) is 3.48. The molecule has 0 bridgehead atoms. The van der Waals surface area contributed by atoms with Crippen molar-refractivity contribution >= 4 is 41.6 Å². The maximum Gasteiger partial charge on any atom is 0.268 e. The second-order valence-corrected chi connectivity index (χ2v) is 7.08. The number of amides is 1. The van der Waals surface area contributed by atoms with Gasteiger partial charge in [-0.2, -0.15) is 0 Å². The van der Waals surface area contributed by atoms with Gasteiger partial charge in [0.1, 0.15) is 11.5 Å². The highest BCUT2D eigenvalue weighted by molar-refractivity contribution is 6.09. The van der Waals surface area contributed by atoms with Crippen LogP contribution in [0, 0.1) is 11.7 Å². The van der Waals surface area contributed by atoms with Crippen molar-refractivity contribution in [3.63, 3.8) is 0 Å². The number of rotatable bonds is 5. The third-order valence-corrected chi connectivity index (χ3v) is 5.22. The van der Waals surface area contributed by atoms with E-state index >= 15 is 0 Å². The number of fused-ring (bicyclic) bond motifs is 1. The topological polar surface area (TPSA) is 82.9 Å². The number of H-pyrrole nitrogens is 1. The molecule has 3 aromatic rings. The third-order valence-electron chi connectivity index (χ3n) is 5.22. The van der Waals surface area contributed by atoms with E-state index in [1.54, 1.807) is 12.1 Å². The number of aromatic nitrogens is 1. The fourth-order valence-corrected chi connectivity index (χ4v) is 3.77. The summed E-state index contributed by atoms with van der Waals surface area (Å²) in [5.74, 6) is 0.00429. The van der Waals surface area contributed by atoms with Crippen LogP contribution in [-0.2, 0) is 0 Å². The molecular formula is C21H25Cl2FN4O. The zero-order chi connectivity index (χ0) is 18.8. The first-order valence-corrected chi connectivity index (χ1v) is 9.24. The van der Waals surface area contributed by atoms with E-state index < -0.39 is 0 Å². The lowest BCUT2D eigenvalue weighted by atomic mass is 10.0. The number of benzene rings is 2. The van der Waals surface area contributed by atoms with Crippen LogP contribution in [0.2, 0.25) is 0 Å². The van der Waals surface area contributed by atoms with Gasteiger partial charge in [0.25, 0.3) is 5.91 Å². The van der Waals surface area contributed by atoms with Crippen LogP contribution in [0.5, 0.6) is 0 Å². The van der Waals surface area contributed by atoms with E-state index in [9.17, 15) is 9.18 Å². The van der Waals surface area contributed by atoms with Crippen LogP contribution < -0.4 is 16.4 Å². The molecule has 0 unspecified atom stereocenters. The van der Waals surface area contributed by atoms with Crippen LogP contribution in [-0.4, -0.2) is 36.6 Å². The van der Waals surface area contributed by atoms with Gasteiger partial charge in [0.05, 0.1) is 0 Å². The summed E-state index contributed by atoms with van der Waals surface area (Å²) in [6, 6.07) is 14.2. The molecule has 5 nitrogen and oxygen atoms in total. The summed E-state index contributed by atoms with van der Waals surface area (Å²) in [7, 11) is 0. The molecule has 8 heteroatoms. The first-order valence-electron chi connectivity index (χ1n) is 9.24. The zero-order valence-electron chi connectivity index (χ0n) is 15.8. The van der Waals surface area contributed by atoms with E-state index in [2.05, 4.69) is 15.6 Å². The van der Waals surface area contributed by atoms with Crippen LogP contribution in [0.1, 0.15) is 16.9 Å². The van der Waals surface area contributed by atoms with Gasteiger partial charge in [-0.15, -0.1) is 24.8 Å². The second kappa shape index (κ2) is 10.1. The minimum Gasteiger partial charge on any atom is -0.350 e. The molecular weight excluding hydrogens is 414 g/mol. The number of para-hydroxylation sites is 1. The van der Waals surface area contributed by atoms with Gasteiger partial charge < -0.3 is 21.4 Å². The van der Waals surface area contributed by atoms with Crippen molar-refractivity contribution in [1.82, 2.24) is 15.6 Å².